The maximum atomic E-state index is 12.5. The Balaban J connectivity index is 1.92. The van der Waals surface area contributed by atoms with E-state index in [-0.39, 0.29) is 18.9 Å². The first-order valence-corrected chi connectivity index (χ1v) is 8.96. The predicted octanol–water partition coefficient (Wildman–Crippen LogP) is 1.60. The number of likely N-dealkylation sites (tertiary alicyclic amines) is 1. The van der Waals surface area contributed by atoms with Crippen molar-refractivity contribution in [1.82, 2.24) is 10.2 Å². The largest absolute Gasteiger partial charge is 0.390 e. The molecule has 1 aromatic carbocycles. The van der Waals surface area contributed by atoms with Gasteiger partial charge in [0.2, 0.25) is 5.91 Å². The number of piperidine rings is 1. The van der Waals surface area contributed by atoms with Gasteiger partial charge in [-0.1, -0.05) is 37.1 Å². The van der Waals surface area contributed by atoms with Gasteiger partial charge in [-0.25, -0.2) is 0 Å². The van der Waals surface area contributed by atoms with Gasteiger partial charge >= 0.3 is 0 Å². The van der Waals surface area contributed by atoms with Crippen LogP contribution in [0, 0.1) is 0 Å². The quantitative estimate of drug-likeness (QED) is 0.650. The highest BCUT2D eigenvalue weighted by atomic mass is 35.5. The molecule has 134 valence electrons. The Morgan fingerprint density at radius 1 is 1.42 bits per heavy atom. The molecule has 0 spiro atoms. The van der Waals surface area contributed by atoms with E-state index in [1.807, 2.05) is 12.1 Å². The fourth-order valence-electron chi connectivity index (χ4n) is 2.94. The maximum absolute atomic E-state index is 12.5. The van der Waals surface area contributed by atoms with E-state index in [2.05, 4.69) is 12.2 Å². The van der Waals surface area contributed by atoms with Crippen LogP contribution in [0.2, 0.25) is 5.02 Å². The van der Waals surface area contributed by atoms with E-state index in [0.29, 0.717) is 24.5 Å². The number of carbonyl (C=O) groups is 1. The molecule has 0 aromatic heterocycles. The first-order chi connectivity index (χ1) is 11.4. The number of nitrogens with one attached hydrogen (secondary N) is 1. The van der Waals surface area contributed by atoms with Crippen LogP contribution in [0.15, 0.2) is 24.3 Å². The summed E-state index contributed by atoms with van der Waals surface area (Å²) in [5.41, 5.74) is -0.401. The number of amides is 1. The Hall–Kier alpha value is -1.14. The van der Waals surface area contributed by atoms with Crippen LogP contribution in [0.5, 0.6) is 0 Å². The second-order valence-electron chi connectivity index (χ2n) is 6.56. The van der Waals surface area contributed by atoms with Gasteiger partial charge in [-0.15, -0.1) is 0 Å². The monoisotopic (exact) mass is 354 g/mol. The average molecular weight is 355 g/mol. The zero-order valence-corrected chi connectivity index (χ0v) is 14.9. The third kappa shape index (κ3) is 5.18. The molecule has 1 saturated heterocycles. The van der Waals surface area contributed by atoms with E-state index in [4.69, 9.17) is 11.6 Å². The Bertz CT molecular complexity index is 538. The van der Waals surface area contributed by atoms with Gasteiger partial charge in [-0.2, -0.15) is 0 Å². The topological polar surface area (TPSA) is 72.8 Å². The van der Waals surface area contributed by atoms with Crippen LogP contribution < -0.4 is 5.32 Å². The lowest BCUT2D eigenvalue weighted by molar-refractivity contribution is -0.150. The molecule has 2 rings (SSSR count). The van der Waals surface area contributed by atoms with Gasteiger partial charge in [0.1, 0.15) is 5.60 Å². The lowest BCUT2D eigenvalue weighted by Crippen LogP contribution is -2.62. The van der Waals surface area contributed by atoms with Crippen molar-refractivity contribution in [2.24, 2.45) is 0 Å². The number of rotatable bonds is 7. The molecule has 2 atom stereocenters. The molecule has 1 fully saturated rings. The summed E-state index contributed by atoms with van der Waals surface area (Å²) in [6.45, 7) is 3.80. The first kappa shape index (κ1) is 19.2. The molecule has 0 aliphatic carbocycles. The van der Waals surface area contributed by atoms with E-state index >= 15 is 0 Å². The summed E-state index contributed by atoms with van der Waals surface area (Å²) in [5.74, 6) is -0.0452. The summed E-state index contributed by atoms with van der Waals surface area (Å²) in [5, 5.41) is 24.7. The lowest BCUT2D eigenvalue weighted by Gasteiger charge is -2.43. The highest BCUT2D eigenvalue weighted by Gasteiger charge is 2.42. The fourth-order valence-corrected chi connectivity index (χ4v) is 3.07. The molecule has 6 heteroatoms. The molecule has 0 saturated carbocycles. The van der Waals surface area contributed by atoms with Crippen molar-refractivity contribution in [3.05, 3.63) is 34.9 Å². The average Bonchev–Trinajstić information content (AvgIpc) is 2.56. The molecule has 1 aliphatic rings. The van der Waals surface area contributed by atoms with Crippen molar-refractivity contribution in [3.63, 3.8) is 0 Å². The smallest absolute Gasteiger partial charge is 0.227 e. The maximum Gasteiger partial charge on any atom is 0.227 e. The van der Waals surface area contributed by atoms with Crippen LogP contribution in [0.1, 0.15) is 31.7 Å². The predicted molar refractivity (Wildman–Crippen MR) is 95.1 cm³/mol. The number of unbranched alkanes of at least 4 members (excludes halogenated alkanes) is 1. The summed E-state index contributed by atoms with van der Waals surface area (Å²) in [4.78, 5) is 14.1. The molecule has 1 heterocycles. The van der Waals surface area contributed by atoms with Crippen LogP contribution in [0.25, 0.3) is 0 Å². The highest BCUT2D eigenvalue weighted by Crippen LogP contribution is 2.22. The number of nitrogens with zero attached hydrogens (tertiary/aromatic N) is 1. The Morgan fingerprint density at radius 3 is 2.79 bits per heavy atom. The summed E-state index contributed by atoms with van der Waals surface area (Å²) in [7, 11) is 0. The normalized spacial score (nSPS) is 24.2. The number of hydrogen-bond donors (Lipinski definition) is 3. The number of benzene rings is 1. The van der Waals surface area contributed by atoms with Crippen molar-refractivity contribution >= 4 is 17.5 Å². The van der Waals surface area contributed by atoms with Crippen molar-refractivity contribution in [1.29, 1.82) is 0 Å². The van der Waals surface area contributed by atoms with E-state index in [1.165, 1.54) is 0 Å². The van der Waals surface area contributed by atoms with Gasteiger partial charge < -0.3 is 20.4 Å². The van der Waals surface area contributed by atoms with Crippen LogP contribution in [0.4, 0.5) is 0 Å². The minimum absolute atomic E-state index is 0.0452. The van der Waals surface area contributed by atoms with Gasteiger partial charge in [-0.3, -0.25) is 4.79 Å². The number of aliphatic hydroxyl groups is 2. The van der Waals surface area contributed by atoms with Gasteiger partial charge in [-0.05, 0) is 37.1 Å². The molecular weight excluding hydrogens is 328 g/mol. The molecule has 3 N–H and O–H groups in total. The number of carbonyl (C=O) groups excluding carboxylic acids is 1. The summed E-state index contributed by atoms with van der Waals surface area (Å²) in [6, 6.07) is 7.19. The molecule has 24 heavy (non-hydrogen) atoms. The zero-order valence-electron chi connectivity index (χ0n) is 14.2. The van der Waals surface area contributed by atoms with E-state index in [0.717, 1.165) is 24.9 Å². The minimum Gasteiger partial charge on any atom is -0.390 e. The van der Waals surface area contributed by atoms with Crippen LogP contribution in [0.3, 0.4) is 0 Å². The standard InChI is InChI=1S/C18H27ClN2O3/c1-2-3-9-20-12-18(24)13-21(10-8-16(18)22)17(23)11-14-4-6-15(19)7-5-14/h4-7,16,20,22,24H,2-3,8-13H2,1H3/t16-,18+/m1/s1. The molecule has 1 amide bonds. The molecule has 5 nitrogen and oxygen atoms in total. The van der Waals surface area contributed by atoms with Crippen molar-refractivity contribution in [2.75, 3.05) is 26.2 Å². The Labute approximate surface area is 148 Å². The summed E-state index contributed by atoms with van der Waals surface area (Å²) >= 11 is 5.86. The molecular formula is C18H27ClN2O3. The van der Waals surface area contributed by atoms with Crippen molar-refractivity contribution in [3.8, 4) is 0 Å². The lowest BCUT2D eigenvalue weighted by atomic mass is 9.89. The fraction of sp³-hybridized carbons (Fsp3) is 0.611. The molecule has 0 unspecified atom stereocenters. The van der Waals surface area contributed by atoms with Gasteiger partial charge in [0.05, 0.1) is 19.1 Å². The third-order valence-electron chi connectivity index (χ3n) is 4.52. The third-order valence-corrected chi connectivity index (χ3v) is 4.77. The Kier molecular flexibility index (Phi) is 7.04. The van der Waals surface area contributed by atoms with E-state index in [1.54, 1.807) is 17.0 Å². The van der Waals surface area contributed by atoms with Crippen LogP contribution in [-0.4, -0.2) is 58.9 Å². The first-order valence-electron chi connectivity index (χ1n) is 8.58. The van der Waals surface area contributed by atoms with Gasteiger partial charge in [0.15, 0.2) is 0 Å². The molecule has 0 radical (unpaired) electrons. The minimum atomic E-state index is -1.29. The summed E-state index contributed by atoms with van der Waals surface area (Å²) < 4.78 is 0. The van der Waals surface area contributed by atoms with Crippen molar-refractivity contribution in [2.45, 2.75) is 44.3 Å². The van der Waals surface area contributed by atoms with E-state index in [9.17, 15) is 15.0 Å². The Morgan fingerprint density at radius 2 is 2.12 bits per heavy atom. The number of halogens is 1. The summed E-state index contributed by atoms with van der Waals surface area (Å²) in [6.07, 6.45) is 1.93. The number of hydrogen-bond acceptors (Lipinski definition) is 4. The zero-order chi connectivity index (χ0) is 17.6. The van der Waals surface area contributed by atoms with Crippen LogP contribution in [-0.2, 0) is 11.2 Å². The molecule has 1 aromatic rings. The van der Waals surface area contributed by atoms with Gasteiger partial charge in [0, 0.05) is 18.1 Å². The van der Waals surface area contributed by atoms with E-state index < -0.39 is 11.7 Å². The molecule has 0 bridgehead atoms. The van der Waals surface area contributed by atoms with Crippen LogP contribution >= 0.6 is 11.6 Å². The van der Waals surface area contributed by atoms with Crippen molar-refractivity contribution < 1.29 is 15.0 Å². The SMILES string of the molecule is CCCCNC[C@]1(O)CN(C(=O)Cc2ccc(Cl)cc2)CC[C@H]1O. The molecule has 1 aliphatic heterocycles. The second-order valence-corrected chi connectivity index (χ2v) is 6.99. The highest BCUT2D eigenvalue weighted by molar-refractivity contribution is 6.30. The number of aliphatic hydroxyl groups excluding tert-OH is 1. The van der Waals surface area contributed by atoms with Gasteiger partial charge in [0.25, 0.3) is 0 Å². The second kappa shape index (κ2) is 8.81. The number of β-amino-alcohol motifs (C(OH)–C–C–N with tert-alkyl or cyclic N) is 1.